The summed E-state index contributed by atoms with van der Waals surface area (Å²) in [6, 6.07) is 21.6. The third-order valence-electron chi connectivity index (χ3n) is 3.14. The van der Waals surface area contributed by atoms with Gasteiger partial charge in [-0.1, -0.05) is 16.7 Å². The molecule has 0 radical (unpaired) electrons. The van der Waals surface area contributed by atoms with Crippen LogP contribution in [0.5, 0.6) is 0 Å². The van der Waals surface area contributed by atoms with E-state index in [4.69, 9.17) is 0 Å². The number of ketones is 1. The van der Waals surface area contributed by atoms with Gasteiger partial charge in [-0.3, -0.25) is 10.1 Å². The summed E-state index contributed by atoms with van der Waals surface area (Å²) in [7, 11) is 0. The first-order chi connectivity index (χ1) is 10.6. The molecule has 3 aromatic carbocycles. The Morgan fingerprint density at radius 1 is 1.09 bits per heavy atom. The monoisotopic (exact) mass is 349 g/mol. The minimum atomic E-state index is -0.444. The van der Waals surface area contributed by atoms with Crippen LogP contribution >= 0.6 is 0 Å². The molecule has 0 spiro atoms. The Kier molecular flexibility index (Phi) is 7.13. The molecule has 0 aliphatic carbocycles. The van der Waals surface area contributed by atoms with Gasteiger partial charge in [-0.15, -0.1) is 30.3 Å². The molecule has 0 atom stereocenters. The SMILES string of the molecule is CC(=O)c1ccc[c-]1-c1ccc([N+](=O)[O-])cc1.[Fe+2].c1cc[cH-]c1. The fraction of sp³-hybridized carbons (Fsp3) is 0.0556. The Morgan fingerprint density at radius 3 is 2.13 bits per heavy atom. The standard InChI is InChI=1S/C13H10NO3.C5H5.Fe/c1-9(15)12-3-2-4-13(12)10-5-7-11(8-6-10)14(16)17;1-2-4-5-3-1;/h2-8H,1H3;1-5H;/q2*-1;+2. The molecule has 4 nitrogen and oxygen atoms in total. The van der Waals surface area contributed by atoms with Gasteiger partial charge in [-0.2, -0.15) is 18.2 Å². The Morgan fingerprint density at radius 2 is 1.70 bits per heavy atom. The summed E-state index contributed by atoms with van der Waals surface area (Å²) in [5, 5.41) is 10.5. The summed E-state index contributed by atoms with van der Waals surface area (Å²) in [6.45, 7) is 1.50. The second-order valence-electron chi connectivity index (χ2n) is 4.68. The number of hydrogen-bond donors (Lipinski definition) is 0. The van der Waals surface area contributed by atoms with Crippen molar-refractivity contribution in [1.29, 1.82) is 0 Å². The maximum Gasteiger partial charge on any atom is 2.00 e. The van der Waals surface area contributed by atoms with Crippen molar-refractivity contribution in [3.63, 3.8) is 0 Å². The van der Waals surface area contributed by atoms with Crippen molar-refractivity contribution in [1.82, 2.24) is 0 Å². The number of non-ortho nitro benzene ring substituents is 1. The molecule has 0 fully saturated rings. The molecule has 0 amide bonds. The van der Waals surface area contributed by atoms with Crippen LogP contribution < -0.4 is 0 Å². The van der Waals surface area contributed by atoms with Gasteiger partial charge in [0.25, 0.3) is 5.69 Å². The van der Waals surface area contributed by atoms with Crippen LogP contribution in [0.25, 0.3) is 11.1 Å². The largest absolute Gasteiger partial charge is 2.00 e. The fourth-order valence-corrected chi connectivity index (χ4v) is 2.06. The normalized spacial score (nSPS) is 9.26. The minimum absolute atomic E-state index is 0. The van der Waals surface area contributed by atoms with E-state index in [2.05, 4.69) is 0 Å². The maximum atomic E-state index is 11.4. The Balaban J connectivity index is 0.000000377. The van der Waals surface area contributed by atoms with Crippen molar-refractivity contribution in [3.05, 3.63) is 88.5 Å². The number of nitro benzene ring substituents is 1. The van der Waals surface area contributed by atoms with E-state index in [9.17, 15) is 14.9 Å². The zero-order chi connectivity index (χ0) is 15.9. The Hall–Kier alpha value is -2.49. The number of hydrogen-bond acceptors (Lipinski definition) is 3. The van der Waals surface area contributed by atoms with Gasteiger partial charge in [0.15, 0.2) is 0 Å². The van der Waals surface area contributed by atoms with E-state index in [-0.39, 0.29) is 28.5 Å². The maximum absolute atomic E-state index is 11.4. The van der Waals surface area contributed by atoms with Crippen LogP contribution in [-0.2, 0) is 17.1 Å². The van der Waals surface area contributed by atoms with Crippen LogP contribution in [0.2, 0.25) is 0 Å². The zero-order valence-corrected chi connectivity index (χ0v) is 13.6. The first-order valence-electron chi connectivity index (χ1n) is 6.77. The average molecular weight is 349 g/mol. The molecule has 0 N–H and O–H groups in total. The van der Waals surface area contributed by atoms with E-state index in [1.807, 2.05) is 36.4 Å². The second-order valence-corrected chi connectivity index (χ2v) is 4.68. The Labute approximate surface area is 145 Å². The summed E-state index contributed by atoms with van der Waals surface area (Å²) in [5.41, 5.74) is 2.31. The van der Waals surface area contributed by atoms with E-state index < -0.39 is 4.92 Å². The molecule has 0 unspecified atom stereocenters. The molecule has 0 aliphatic heterocycles. The molecular weight excluding hydrogens is 334 g/mol. The topological polar surface area (TPSA) is 60.2 Å². The van der Waals surface area contributed by atoms with Crippen molar-refractivity contribution < 1.29 is 26.8 Å². The van der Waals surface area contributed by atoms with Crippen molar-refractivity contribution in [2.45, 2.75) is 6.92 Å². The van der Waals surface area contributed by atoms with Gasteiger partial charge < -0.3 is 4.79 Å². The predicted octanol–water partition coefficient (Wildman–Crippen LogP) is 4.59. The third-order valence-corrected chi connectivity index (χ3v) is 3.14. The van der Waals surface area contributed by atoms with Crippen molar-refractivity contribution >= 4 is 11.5 Å². The molecular formula is C18H15FeNO3. The van der Waals surface area contributed by atoms with Gasteiger partial charge >= 0.3 is 17.1 Å². The van der Waals surface area contributed by atoms with Crippen LogP contribution in [0.15, 0.2) is 72.8 Å². The summed E-state index contributed by atoms with van der Waals surface area (Å²) in [4.78, 5) is 21.4. The van der Waals surface area contributed by atoms with E-state index in [0.29, 0.717) is 5.56 Å². The number of benzene rings is 1. The molecule has 0 bridgehead atoms. The van der Waals surface area contributed by atoms with Crippen molar-refractivity contribution in [2.75, 3.05) is 0 Å². The van der Waals surface area contributed by atoms with E-state index in [1.54, 1.807) is 24.3 Å². The van der Waals surface area contributed by atoms with Gasteiger partial charge in [0.05, 0.1) is 4.92 Å². The number of carbonyl (C=O) groups excluding carboxylic acids is 1. The first kappa shape index (κ1) is 18.6. The van der Waals surface area contributed by atoms with E-state index in [1.165, 1.54) is 19.1 Å². The molecule has 118 valence electrons. The smallest absolute Gasteiger partial charge is 0.333 e. The van der Waals surface area contributed by atoms with Crippen molar-refractivity contribution in [3.8, 4) is 11.1 Å². The molecule has 0 heterocycles. The Bertz CT molecular complexity index is 726. The molecule has 0 aliphatic rings. The molecule has 0 saturated carbocycles. The second kappa shape index (κ2) is 8.83. The molecule has 3 rings (SSSR count). The number of Topliss-reactive ketones (excluding diaryl/α,β-unsaturated/α-hetero) is 1. The van der Waals surface area contributed by atoms with Crippen LogP contribution in [0.3, 0.4) is 0 Å². The molecule has 3 aromatic rings. The summed E-state index contributed by atoms with van der Waals surface area (Å²) < 4.78 is 0. The van der Waals surface area contributed by atoms with Crippen molar-refractivity contribution in [2.24, 2.45) is 0 Å². The summed E-state index contributed by atoms with van der Waals surface area (Å²) in [5.74, 6) is -0.0108. The number of nitro groups is 1. The van der Waals surface area contributed by atoms with Gasteiger partial charge in [0.2, 0.25) is 0 Å². The third kappa shape index (κ3) is 5.02. The van der Waals surface area contributed by atoms with Crippen LogP contribution in [0.4, 0.5) is 5.69 Å². The summed E-state index contributed by atoms with van der Waals surface area (Å²) in [6.07, 6.45) is 0. The summed E-state index contributed by atoms with van der Waals surface area (Å²) >= 11 is 0. The predicted molar refractivity (Wildman–Crippen MR) is 86.2 cm³/mol. The zero-order valence-electron chi connectivity index (χ0n) is 12.5. The number of carbonyl (C=O) groups is 1. The molecule has 0 aromatic heterocycles. The van der Waals surface area contributed by atoms with Crippen LogP contribution in [0.1, 0.15) is 17.3 Å². The quantitative estimate of drug-likeness (QED) is 0.229. The van der Waals surface area contributed by atoms with Crippen LogP contribution in [-0.4, -0.2) is 10.7 Å². The van der Waals surface area contributed by atoms with Gasteiger partial charge in [-0.05, 0) is 19.1 Å². The van der Waals surface area contributed by atoms with Gasteiger partial charge in [0.1, 0.15) is 5.78 Å². The molecule has 23 heavy (non-hydrogen) atoms. The van der Waals surface area contributed by atoms with Crippen LogP contribution in [0, 0.1) is 10.1 Å². The van der Waals surface area contributed by atoms with Gasteiger partial charge in [-0.25, -0.2) is 12.1 Å². The number of rotatable bonds is 3. The molecule has 5 heteroatoms. The molecule has 0 saturated heterocycles. The average Bonchev–Trinajstić information content (AvgIpc) is 3.21. The van der Waals surface area contributed by atoms with E-state index in [0.717, 1.165) is 11.1 Å². The number of nitrogens with zero attached hydrogens (tertiary/aromatic N) is 1. The first-order valence-corrected chi connectivity index (χ1v) is 6.77. The van der Waals surface area contributed by atoms with E-state index >= 15 is 0 Å². The minimum Gasteiger partial charge on any atom is -0.333 e. The van der Waals surface area contributed by atoms with Gasteiger partial charge in [0, 0.05) is 0 Å². The fourth-order valence-electron chi connectivity index (χ4n) is 2.06.